The lowest BCUT2D eigenvalue weighted by Gasteiger charge is -2.32. The van der Waals surface area contributed by atoms with Crippen LogP contribution in [0.15, 0.2) is 30.3 Å². The quantitative estimate of drug-likeness (QED) is 0.430. The summed E-state index contributed by atoms with van der Waals surface area (Å²) in [6.45, 7) is 0. The first-order valence-corrected chi connectivity index (χ1v) is 9.65. The van der Waals surface area contributed by atoms with Gasteiger partial charge in [-0.05, 0) is 18.6 Å². The molecule has 0 saturated heterocycles. The number of carbonyl (C=O) groups is 1. The Morgan fingerprint density at radius 2 is 1.75 bits per heavy atom. The van der Waals surface area contributed by atoms with Gasteiger partial charge in [-0.1, -0.05) is 18.2 Å². The summed E-state index contributed by atoms with van der Waals surface area (Å²) in [5.41, 5.74) is -3.48. The average Bonchev–Trinajstić information content (AvgIpc) is 3.18. The van der Waals surface area contributed by atoms with Gasteiger partial charge in [0.25, 0.3) is 11.8 Å². The SMILES string of the molecule is O=C(O[C@H]1c2c(C(F)(F)F)nn([C@@H]3CCC(F)(F)[C@@H](F)C3)c2CC1(F)F)c1ccccc1. The van der Waals surface area contributed by atoms with Gasteiger partial charge >= 0.3 is 12.1 Å². The van der Waals surface area contributed by atoms with Gasteiger partial charge in [0.1, 0.15) is 0 Å². The van der Waals surface area contributed by atoms with Crippen molar-refractivity contribution >= 4 is 5.97 Å². The molecule has 0 amide bonds. The third-order valence-electron chi connectivity index (χ3n) is 5.70. The number of halogens is 8. The molecule has 4 rings (SSSR count). The minimum Gasteiger partial charge on any atom is -0.447 e. The maximum Gasteiger partial charge on any atom is 0.435 e. The van der Waals surface area contributed by atoms with Crippen LogP contribution in [-0.4, -0.2) is 33.8 Å². The molecule has 1 saturated carbocycles. The molecular formula is C20H16F8N2O2. The van der Waals surface area contributed by atoms with Crippen molar-refractivity contribution in [3.63, 3.8) is 0 Å². The second kappa shape index (κ2) is 7.45. The Hall–Kier alpha value is -2.66. The molecule has 4 nitrogen and oxygen atoms in total. The molecule has 1 aromatic heterocycles. The third kappa shape index (κ3) is 3.83. The van der Waals surface area contributed by atoms with E-state index in [0.717, 1.165) is 0 Å². The first-order chi connectivity index (χ1) is 14.8. The summed E-state index contributed by atoms with van der Waals surface area (Å²) in [6.07, 6.45) is -14.0. The van der Waals surface area contributed by atoms with E-state index in [1.165, 1.54) is 30.3 Å². The van der Waals surface area contributed by atoms with E-state index in [4.69, 9.17) is 4.74 Å². The molecule has 1 fully saturated rings. The van der Waals surface area contributed by atoms with Crippen LogP contribution in [0.4, 0.5) is 35.1 Å². The number of rotatable bonds is 3. The number of nitrogens with zero attached hydrogens (tertiary/aromatic N) is 2. The van der Waals surface area contributed by atoms with Gasteiger partial charge in [0.15, 0.2) is 18.0 Å². The Morgan fingerprint density at radius 1 is 1.09 bits per heavy atom. The van der Waals surface area contributed by atoms with Gasteiger partial charge in [-0.2, -0.15) is 18.3 Å². The summed E-state index contributed by atoms with van der Waals surface area (Å²) in [6, 6.07) is 5.59. The molecule has 174 valence electrons. The van der Waals surface area contributed by atoms with Crippen LogP contribution in [0, 0.1) is 0 Å². The number of aromatic nitrogens is 2. The number of alkyl halides is 8. The van der Waals surface area contributed by atoms with Crippen molar-refractivity contribution in [2.24, 2.45) is 0 Å². The molecule has 2 aromatic rings. The fourth-order valence-electron chi connectivity index (χ4n) is 4.13. The lowest BCUT2D eigenvalue weighted by atomic mass is 9.90. The molecule has 0 unspecified atom stereocenters. The van der Waals surface area contributed by atoms with Crippen LogP contribution in [0.5, 0.6) is 0 Å². The van der Waals surface area contributed by atoms with Crippen LogP contribution < -0.4 is 0 Å². The van der Waals surface area contributed by atoms with Gasteiger partial charge in [-0.15, -0.1) is 0 Å². The zero-order chi connectivity index (χ0) is 23.5. The van der Waals surface area contributed by atoms with E-state index in [9.17, 15) is 39.9 Å². The standard InChI is InChI=1S/C20H16F8N2O2/c21-13-8-11(6-7-18(13,22)23)30-12-9-19(24,25)16(14(12)15(29-30)20(26,27)28)32-17(31)10-4-2-1-3-5-10/h1-5,11,13,16H,6-9H2/t11-,13+,16+/m1/s1. The molecule has 32 heavy (non-hydrogen) atoms. The Bertz CT molecular complexity index is 1020. The monoisotopic (exact) mass is 468 g/mol. The molecule has 0 bridgehead atoms. The summed E-state index contributed by atoms with van der Waals surface area (Å²) < 4.78 is 117. The van der Waals surface area contributed by atoms with Crippen LogP contribution in [0.1, 0.15) is 58.7 Å². The molecule has 0 radical (unpaired) electrons. The Morgan fingerprint density at radius 3 is 2.34 bits per heavy atom. The van der Waals surface area contributed by atoms with Crippen molar-refractivity contribution in [3.05, 3.63) is 52.8 Å². The van der Waals surface area contributed by atoms with Crippen LogP contribution in [0.25, 0.3) is 0 Å². The van der Waals surface area contributed by atoms with Crippen molar-refractivity contribution in [1.29, 1.82) is 0 Å². The van der Waals surface area contributed by atoms with Gasteiger partial charge < -0.3 is 4.74 Å². The van der Waals surface area contributed by atoms with Crippen molar-refractivity contribution in [2.75, 3.05) is 0 Å². The van der Waals surface area contributed by atoms with Crippen molar-refractivity contribution in [1.82, 2.24) is 9.78 Å². The highest BCUT2D eigenvalue weighted by atomic mass is 19.4. The van der Waals surface area contributed by atoms with E-state index >= 15 is 0 Å². The van der Waals surface area contributed by atoms with Crippen molar-refractivity contribution in [3.8, 4) is 0 Å². The van der Waals surface area contributed by atoms with E-state index < -0.39 is 84.9 Å². The molecule has 2 aliphatic carbocycles. The highest BCUT2D eigenvalue weighted by Gasteiger charge is 2.58. The van der Waals surface area contributed by atoms with Crippen LogP contribution in [0.3, 0.4) is 0 Å². The first-order valence-electron chi connectivity index (χ1n) is 9.65. The van der Waals surface area contributed by atoms with Gasteiger partial charge in [-0.3, -0.25) is 4.68 Å². The summed E-state index contributed by atoms with van der Waals surface area (Å²) in [5.74, 6) is -8.82. The predicted molar refractivity (Wildman–Crippen MR) is 93.2 cm³/mol. The van der Waals surface area contributed by atoms with Crippen molar-refractivity contribution < 1.29 is 44.7 Å². The maximum absolute atomic E-state index is 14.7. The highest BCUT2D eigenvalue weighted by molar-refractivity contribution is 5.89. The fraction of sp³-hybridized carbons (Fsp3) is 0.500. The molecule has 2 aliphatic rings. The van der Waals surface area contributed by atoms with E-state index in [0.29, 0.717) is 4.68 Å². The molecule has 1 aromatic carbocycles. The minimum absolute atomic E-state index is 0.146. The molecular weight excluding hydrogens is 452 g/mol. The number of benzene rings is 1. The molecule has 1 heterocycles. The molecule has 0 N–H and O–H groups in total. The number of hydrogen-bond donors (Lipinski definition) is 0. The second-order valence-corrected chi connectivity index (χ2v) is 7.90. The smallest absolute Gasteiger partial charge is 0.435 e. The lowest BCUT2D eigenvalue weighted by molar-refractivity contribution is -0.147. The topological polar surface area (TPSA) is 44.1 Å². The zero-order valence-electron chi connectivity index (χ0n) is 16.2. The Kier molecular flexibility index (Phi) is 5.24. The summed E-state index contributed by atoms with van der Waals surface area (Å²) >= 11 is 0. The van der Waals surface area contributed by atoms with E-state index in [-0.39, 0.29) is 5.56 Å². The number of carbonyl (C=O) groups excluding carboxylic acids is 1. The van der Waals surface area contributed by atoms with Crippen LogP contribution in [-0.2, 0) is 17.3 Å². The van der Waals surface area contributed by atoms with E-state index in [2.05, 4.69) is 5.10 Å². The van der Waals surface area contributed by atoms with Gasteiger partial charge in [0.05, 0.1) is 29.3 Å². The Labute approximate surface area is 176 Å². The Balaban J connectivity index is 1.74. The summed E-state index contributed by atoms with van der Waals surface area (Å²) in [5, 5.41) is 3.36. The molecule has 0 spiro atoms. The minimum atomic E-state index is -5.19. The third-order valence-corrected chi connectivity index (χ3v) is 5.70. The number of hydrogen-bond acceptors (Lipinski definition) is 3. The van der Waals surface area contributed by atoms with Crippen LogP contribution in [0.2, 0.25) is 0 Å². The van der Waals surface area contributed by atoms with Gasteiger partial charge in [0, 0.05) is 12.8 Å². The van der Waals surface area contributed by atoms with Gasteiger partial charge in [0.2, 0.25) is 0 Å². The number of fused-ring (bicyclic) bond motifs is 1. The zero-order valence-corrected chi connectivity index (χ0v) is 16.2. The largest absolute Gasteiger partial charge is 0.447 e. The van der Waals surface area contributed by atoms with Crippen LogP contribution >= 0.6 is 0 Å². The normalized spacial score (nSPS) is 26.6. The second-order valence-electron chi connectivity index (χ2n) is 7.90. The summed E-state index contributed by atoms with van der Waals surface area (Å²) in [4.78, 5) is 12.3. The summed E-state index contributed by atoms with van der Waals surface area (Å²) in [7, 11) is 0. The fourth-order valence-corrected chi connectivity index (χ4v) is 4.13. The first kappa shape index (κ1) is 22.5. The number of esters is 1. The predicted octanol–water partition coefficient (Wildman–Crippen LogP) is 5.69. The molecule has 12 heteroatoms. The highest BCUT2D eigenvalue weighted by Crippen LogP contribution is 2.52. The van der Waals surface area contributed by atoms with E-state index in [1.807, 2.05) is 0 Å². The number of ether oxygens (including phenoxy) is 1. The van der Waals surface area contributed by atoms with Gasteiger partial charge in [-0.25, -0.2) is 26.7 Å². The van der Waals surface area contributed by atoms with E-state index in [1.54, 1.807) is 0 Å². The molecule has 3 atom stereocenters. The molecule has 0 aliphatic heterocycles. The van der Waals surface area contributed by atoms with Crippen molar-refractivity contribution in [2.45, 2.75) is 62.0 Å². The maximum atomic E-state index is 14.7. The average molecular weight is 468 g/mol. The lowest BCUT2D eigenvalue weighted by Crippen LogP contribution is -2.38.